The smallest absolute Gasteiger partial charge is 0.325 e. The van der Waals surface area contributed by atoms with Crippen LogP contribution in [0.1, 0.15) is 0 Å². The number of ether oxygens (including phenoxy) is 1. The molecule has 0 aromatic heterocycles. The van der Waals surface area contributed by atoms with Gasteiger partial charge in [0.25, 0.3) is 0 Å². The number of thioether (sulfide) groups is 1. The van der Waals surface area contributed by atoms with Crippen LogP contribution in [0.3, 0.4) is 0 Å². The maximum Gasteiger partial charge on any atom is 0.325 e. The number of nitrogens with zero attached hydrogens (tertiary/aromatic N) is 2. The van der Waals surface area contributed by atoms with Crippen LogP contribution in [0.2, 0.25) is 0 Å². The molecule has 0 fully saturated rings. The highest BCUT2D eigenvalue weighted by Gasteiger charge is 2.12. The first-order valence-electron chi connectivity index (χ1n) is 3.87. The van der Waals surface area contributed by atoms with E-state index < -0.39 is 5.97 Å². The molecule has 0 unspecified atom stereocenters. The fourth-order valence-electron chi connectivity index (χ4n) is 0.641. The molecule has 0 spiro atoms. The third-order valence-electron chi connectivity index (χ3n) is 1.41. The lowest BCUT2D eigenvalue weighted by molar-refractivity contribution is -0.145. The molecule has 0 atom stereocenters. The largest absolute Gasteiger partial charge is 0.468 e. The minimum Gasteiger partial charge on any atom is -0.468 e. The molecule has 0 saturated heterocycles. The minimum absolute atomic E-state index is 0.0531. The van der Waals surface area contributed by atoms with Crippen LogP contribution >= 0.6 is 11.8 Å². The Kier molecular flexibility index (Phi) is 6.58. The summed E-state index contributed by atoms with van der Waals surface area (Å²) in [7, 11) is 2.79. The van der Waals surface area contributed by atoms with Crippen LogP contribution in [-0.2, 0) is 14.3 Å². The van der Waals surface area contributed by atoms with Crippen LogP contribution in [0.15, 0.2) is 0 Å². The van der Waals surface area contributed by atoms with E-state index in [0.29, 0.717) is 0 Å². The lowest BCUT2D eigenvalue weighted by Crippen LogP contribution is -2.33. The molecule has 1 amide bonds. The van der Waals surface area contributed by atoms with Crippen molar-refractivity contribution in [1.82, 2.24) is 4.90 Å². The van der Waals surface area contributed by atoms with Gasteiger partial charge in [0.15, 0.2) is 0 Å². The van der Waals surface area contributed by atoms with Crippen LogP contribution in [-0.4, -0.2) is 49.0 Å². The zero-order valence-corrected chi connectivity index (χ0v) is 8.97. The highest BCUT2D eigenvalue weighted by molar-refractivity contribution is 8.00. The predicted octanol–water partition coefficient (Wildman–Crippen LogP) is -0.125. The van der Waals surface area contributed by atoms with Crippen molar-refractivity contribution in [3.05, 3.63) is 0 Å². The van der Waals surface area contributed by atoms with Gasteiger partial charge in [-0.3, -0.25) is 9.59 Å². The van der Waals surface area contributed by atoms with Crippen molar-refractivity contribution in [3.63, 3.8) is 0 Å². The number of amides is 1. The Morgan fingerprint density at radius 3 is 2.71 bits per heavy atom. The van der Waals surface area contributed by atoms with Crippen molar-refractivity contribution in [2.24, 2.45) is 0 Å². The summed E-state index contributed by atoms with van der Waals surface area (Å²) in [5.41, 5.74) is 0. The molecule has 5 nitrogen and oxygen atoms in total. The Balaban J connectivity index is 3.77. The lowest BCUT2D eigenvalue weighted by atomic mass is 10.5. The summed E-state index contributed by atoms with van der Waals surface area (Å²) in [6.07, 6.45) is 0. The molecule has 0 saturated carbocycles. The molecule has 0 aromatic rings. The van der Waals surface area contributed by atoms with Gasteiger partial charge in [-0.2, -0.15) is 5.26 Å². The van der Waals surface area contributed by atoms with Gasteiger partial charge in [-0.15, -0.1) is 11.8 Å². The normalized spacial score (nSPS) is 8.93. The maximum atomic E-state index is 11.3. The van der Waals surface area contributed by atoms with Gasteiger partial charge in [0, 0.05) is 7.05 Å². The van der Waals surface area contributed by atoms with Crippen molar-refractivity contribution in [2.75, 3.05) is 32.2 Å². The third kappa shape index (κ3) is 5.43. The molecular formula is C8H12N2O3S. The Morgan fingerprint density at radius 1 is 1.57 bits per heavy atom. The number of rotatable bonds is 5. The lowest BCUT2D eigenvalue weighted by Gasteiger charge is -2.14. The van der Waals surface area contributed by atoms with Crippen LogP contribution in [0.4, 0.5) is 0 Å². The molecule has 0 aliphatic heterocycles. The average molecular weight is 216 g/mol. The number of methoxy groups -OCH3 is 1. The van der Waals surface area contributed by atoms with Gasteiger partial charge < -0.3 is 9.64 Å². The van der Waals surface area contributed by atoms with E-state index in [9.17, 15) is 9.59 Å². The molecular weight excluding hydrogens is 204 g/mol. The van der Waals surface area contributed by atoms with E-state index in [-0.39, 0.29) is 24.0 Å². The highest BCUT2D eigenvalue weighted by Crippen LogP contribution is 2.00. The molecule has 6 heteroatoms. The summed E-state index contributed by atoms with van der Waals surface area (Å²) in [4.78, 5) is 23.3. The van der Waals surface area contributed by atoms with E-state index >= 15 is 0 Å². The quantitative estimate of drug-likeness (QED) is 0.473. The van der Waals surface area contributed by atoms with E-state index in [0.717, 1.165) is 0 Å². The van der Waals surface area contributed by atoms with E-state index in [2.05, 4.69) is 4.74 Å². The maximum absolute atomic E-state index is 11.3. The topological polar surface area (TPSA) is 70.4 Å². The SMILES string of the molecule is COC(=O)CN(C)C(=O)CSCC#N. The number of carbonyl (C=O) groups is 2. The van der Waals surface area contributed by atoms with Gasteiger partial charge in [0.2, 0.25) is 5.91 Å². The second-order valence-electron chi connectivity index (χ2n) is 2.48. The van der Waals surface area contributed by atoms with Crippen molar-refractivity contribution < 1.29 is 14.3 Å². The zero-order valence-electron chi connectivity index (χ0n) is 8.15. The standard InChI is InChI=1S/C8H12N2O3S/c1-10(5-8(12)13-2)7(11)6-14-4-3-9/h4-6H2,1-2H3. The van der Waals surface area contributed by atoms with Gasteiger partial charge in [0.05, 0.1) is 24.7 Å². The molecule has 0 aliphatic carbocycles. The molecule has 0 aromatic carbocycles. The molecule has 0 radical (unpaired) electrons. The van der Waals surface area contributed by atoms with Crippen LogP contribution in [0.25, 0.3) is 0 Å². The Morgan fingerprint density at radius 2 is 2.21 bits per heavy atom. The van der Waals surface area contributed by atoms with Crippen LogP contribution < -0.4 is 0 Å². The first-order valence-corrected chi connectivity index (χ1v) is 5.02. The molecule has 0 heterocycles. The Bertz CT molecular complexity index is 249. The summed E-state index contributed by atoms with van der Waals surface area (Å²) in [6, 6.07) is 1.91. The van der Waals surface area contributed by atoms with Crippen molar-refractivity contribution in [1.29, 1.82) is 5.26 Å². The summed E-state index contributed by atoms with van der Waals surface area (Å²) < 4.78 is 4.40. The minimum atomic E-state index is -0.453. The fraction of sp³-hybridized carbons (Fsp3) is 0.625. The van der Waals surface area contributed by atoms with Gasteiger partial charge >= 0.3 is 5.97 Å². The molecule has 0 N–H and O–H groups in total. The molecule has 0 aliphatic rings. The summed E-state index contributed by atoms with van der Waals surface area (Å²) in [5, 5.41) is 8.23. The first kappa shape index (κ1) is 12.8. The first-order chi connectivity index (χ1) is 6.61. The molecule has 0 bridgehead atoms. The van der Waals surface area contributed by atoms with E-state index in [1.807, 2.05) is 6.07 Å². The molecule has 78 valence electrons. The predicted molar refractivity (Wildman–Crippen MR) is 52.6 cm³/mol. The fourth-order valence-corrected chi connectivity index (χ4v) is 1.23. The number of nitriles is 1. The number of esters is 1. The van der Waals surface area contributed by atoms with Gasteiger partial charge in [-0.1, -0.05) is 0 Å². The van der Waals surface area contributed by atoms with Gasteiger partial charge in [-0.05, 0) is 0 Å². The van der Waals surface area contributed by atoms with E-state index in [1.165, 1.54) is 30.8 Å². The summed E-state index contributed by atoms with van der Waals surface area (Å²) in [6.45, 7) is -0.0531. The van der Waals surface area contributed by atoms with E-state index in [1.54, 1.807) is 0 Å². The molecule has 0 rings (SSSR count). The third-order valence-corrected chi connectivity index (χ3v) is 2.20. The van der Waals surface area contributed by atoms with Crippen LogP contribution in [0.5, 0.6) is 0 Å². The van der Waals surface area contributed by atoms with Gasteiger partial charge in [0.1, 0.15) is 6.54 Å². The van der Waals surface area contributed by atoms with Crippen molar-refractivity contribution >= 4 is 23.6 Å². The zero-order chi connectivity index (χ0) is 11.0. The number of carbonyl (C=O) groups excluding carboxylic acids is 2. The second kappa shape index (κ2) is 7.21. The number of hydrogen-bond acceptors (Lipinski definition) is 5. The second-order valence-corrected chi connectivity index (χ2v) is 3.46. The monoisotopic (exact) mass is 216 g/mol. The number of hydrogen-bond donors (Lipinski definition) is 0. The molecule has 14 heavy (non-hydrogen) atoms. The van der Waals surface area contributed by atoms with Crippen LogP contribution in [0, 0.1) is 11.3 Å². The Labute approximate surface area is 87.0 Å². The van der Waals surface area contributed by atoms with Crippen molar-refractivity contribution in [2.45, 2.75) is 0 Å². The van der Waals surface area contributed by atoms with Gasteiger partial charge in [-0.25, -0.2) is 0 Å². The van der Waals surface area contributed by atoms with E-state index in [4.69, 9.17) is 5.26 Å². The average Bonchev–Trinajstić information content (AvgIpc) is 2.17. The van der Waals surface area contributed by atoms with Crippen molar-refractivity contribution in [3.8, 4) is 6.07 Å². The highest BCUT2D eigenvalue weighted by atomic mass is 32.2. The Hall–Kier alpha value is -1.22. The summed E-state index contributed by atoms with van der Waals surface area (Å²) in [5.74, 6) is -0.152. The summed E-state index contributed by atoms with van der Waals surface area (Å²) >= 11 is 1.22. The number of likely N-dealkylation sites (N-methyl/N-ethyl adjacent to an activating group) is 1.